The van der Waals surface area contributed by atoms with Crippen molar-refractivity contribution < 1.29 is 34.8 Å². The first kappa shape index (κ1) is 32.1. The monoisotopic (exact) mass is 570 g/mol. The second kappa shape index (κ2) is 16.1. The number of carbonyl (C=O) groups is 3. The van der Waals surface area contributed by atoms with Crippen molar-refractivity contribution in [2.24, 2.45) is 17.2 Å². The van der Waals surface area contributed by atoms with Gasteiger partial charge < -0.3 is 42.3 Å². The van der Waals surface area contributed by atoms with Crippen molar-refractivity contribution in [2.75, 3.05) is 11.5 Å². The van der Waals surface area contributed by atoms with Gasteiger partial charge in [0.15, 0.2) is 17.3 Å². The number of Topliss-reactive ketones (excluding diaryl/α,β-unsaturated/α-hetero) is 1. The Bertz CT molecular complexity index is 1120. The van der Waals surface area contributed by atoms with E-state index in [4.69, 9.17) is 27.4 Å². The van der Waals surface area contributed by atoms with Crippen molar-refractivity contribution in [3.63, 3.8) is 0 Å². The first-order chi connectivity index (χ1) is 17.4. The van der Waals surface area contributed by atoms with Gasteiger partial charge in [0.25, 0.3) is 0 Å². The maximum Gasteiger partial charge on any atom is 0.321 e. The highest BCUT2D eigenvalue weighted by atomic mass is 32.2. The van der Waals surface area contributed by atoms with Gasteiger partial charge in [-0.2, -0.15) is 25.3 Å². The summed E-state index contributed by atoms with van der Waals surface area (Å²) in [4.78, 5) is 33.7. The number of aliphatic carboxylic acids is 2. The van der Waals surface area contributed by atoms with Gasteiger partial charge in [-0.05, 0) is 53.8 Å². The van der Waals surface area contributed by atoms with Gasteiger partial charge in [-0.15, -0.1) is 0 Å². The van der Waals surface area contributed by atoms with Crippen molar-refractivity contribution in [1.82, 2.24) is 4.72 Å². The number of carboxylic acids is 2. The van der Waals surface area contributed by atoms with Crippen molar-refractivity contribution in [1.29, 1.82) is 0 Å². The molecule has 14 heteroatoms. The van der Waals surface area contributed by atoms with Crippen LogP contribution in [0.4, 0.5) is 0 Å². The summed E-state index contributed by atoms with van der Waals surface area (Å²) in [5.74, 6) is -3.69. The summed E-state index contributed by atoms with van der Waals surface area (Å²) >= 11 is 9.19. The van der Waals surface area contributed by atoms with Crippen LogP contribution in [-0.2, 0) is 16.0 Å². The first-order valence-electron chi connectivity index (χ1n) is 10.6. The van der Waals surface area contributed by atoms with Crippen LogP contribution in [0.1, 0.15) is 21.5 Å². The maximum atomic E-state index is 11.9. The third-order valence-corrected chi connectivity index (χ3v) is 6.29. The highest BCUT2D eigenvalue weighted by Crippen LogP contribution is 2.31. The molecule has 202 valence electrons. The van der Waals surface area contributed by atoms with Crippen LogP contribution in [0.25, 0.3) is 6.08 Å². The molecule has 37 heavy (non-hydrogen) atoms. The van der Waals surface area contributed by atoms with Crippen molar-refractivity contribution >= 4 is 61.0 Å². The molecular weight excluding hydrogens is 540 g/mol. The highest BCUT2D eigenvalue weighted by molar-refractivity contribution is 7.97. The zero-order valence-corrected chi connectivity index (χ0v) is 22.1. The van der Waals surface area contributed by atoms with E-state index in [2.05, 4.69) is 54.3 Å². The molecule has 0 saturated heterocycles. The number of hydrogen-bond acceptors (Lipinski definition) is 12. The van der Waals surface area contributed by atoms with E-state index in [0.29, 0.717) is 5.56 Å². The lowest BCUT2D eigenvalue weighted by Crippen LogP contribution is -2.33. The molecule has 1 aliphatic rings. The average Bonchev–Trinajstić information content (AvgIpc) is 2.89. The molecule has 0 radical (unpaired) electrons. The van der Waals surface area contributed by atoms with Gasteiger partial charge in [0.05, 0.1) is 11.6 Å². The second-order valence-electron chi connectivity index (χ2n) is 7.53. The molecule has 0 bridgehead atoms. The van der Waals surface area contributed by atoms with Crippen LogP contribution < -0.4 is 21.9 Å². The molecule has 2 aromatic carbocycles. The van der Waals surface area contributed by atoms with E-state index >= 15 is 0 Å². The van der Waals surface area contributed by atoms with Gasteiger partial charge in [0.1, 0.15) is 12.1 Å². The summed E-state index contributed by atoms with van der Waals surface area (Å²) in [5.41, 5.74) is 17.3. The summed E-state index contributed by atoms with van der Waals surface area (Å²) in [7, 11) is 0. The summed E-state index contributed by atoms with van der Waals surface area (Å²) in [6.07, 6.45) is 3.93. The van der Waals surface area contributed by atoms with E-state index in [0.717, 1.165) is 6.07 Å². The molecule has 1 aliphatic heterocycles. The van der Waals surface area contributed by atoms with Gasteiger partial charge in [-0.25, -0.2) is 0 Å². The Balaban J connectivity index is 0.000000330. The van der Waals surface area contributed by atoms with E-state index in [-0.39, 0.29) is 23.5 Å². The number of carboxylic acid groups (broad SMARTS) is 2. The summed E-state index contributed by atoms with van der Waals surface area (Å²) in [6, 6.07) is 7.80. The molecule has 0 saturated carbocycles. The highest BCUT2D eigenvalue weighted by Gasteiger charge is 2.22. The van der Waals surface area contributed by atoms with Crippen molar-refractivity contribution in [3.05, 3.63) is 59.3 Å². The topological polar surface area (TPSA) is 222 Å². The Hall–Kier alpha value is -2.88. The number of fused-ring (bicyclic) bond motifs is 1. The number of nitrogens with one attached hydrogen (secondary N) is 1. The lowest BCUT2D eigenvalue weighted by Gasteiger charge is -2.13. The molecule has 11 nitrogen and oxygen atoms in total. The maximum absolute atomic E-state index is 11.9. The Morgan fingerprint density at radius 1 is 0.919 bits per heavy atom. The fraction of sp³-hybridized carbons (Fsp3) is 0.261. The van der Waals surface area contributed by atoms with Crippen LogP contribution in [0.2, 0.25) is 0 Å². The number of carbonyl (C=O) groups excluding carboxylic acids is 1. The molecule has 0 fully saturated rings. The molecule has 3 rings (SSSR count). The van der Waals surface area contributed by atoms with Gasteiger partial charge >= 0.3 is 11.9 Å². The van der Waals surface area contributed by atoms with E-state index in [9.17, 15) is 24.6 Å². The molecule has 11 N–H and O–H groups in total. The summed E-state index contributed by atoms with van der Waals surface area (Å²) in [5, 5.41) is 36.0. The number of rotatable bonds is 8. The quantitative estimate of drug-likeness (QED) is 0.0932. The molecular formula is C23H30N4O7S3. The predicted octanol–water partition coefficient (Wildman–Crippen LogP) is 1.09. The molecule has 0 aliphatic carbocycles. The van der Waals surface area contributed by atoms with E-state index in [1.54, 1.807) is 11.9 Å². The van der Waals surface area contributed by atoms with Crippen LogP contribution in [0.15, 0.2) is 47.5 Å². The Morgan fingerprint density at radius 2 is 1.51 bits per heavy atom. The number of phenols is 2. The zero-order valence-electron chi connectivity index (χ0n) is 19.5. The number of ketones is 1. The van der Waals surface area contributed by atoms with Gasteiger partial charge in [0, 0.05) is 22.6 Å². The third kappa shape index (κ3) is 10.6. The van der Waals surface area contributed by atoms with Crippen LogP contribution in [0.3, 0.4) is 0 Å². The summed E-state index contributed by atoms with van der Waals surface area (Å²) < 4.78 is 3.08. The van der Waals surface area contributed by atoms with Gasteiger partial charge in [-0.3, -0.25) is 14.4 Å². The Kier molecular flexibility index (Phi) is 14.0. The SMILES string of the molecule is C1=Cc2ccccc2SN1.NC(CS)C(=O)O.NC(Cc1cc(O)c(O)c(C(=O)[C@H](N)CS)c1)C(=O)O. The van der Waals surface area contributed by atoms with Gasteiger partial charge in [0.2, 0.25) is 0 Å². The number of thiol groups is 2. The minimum absolute atomic E-state index is 0.0674. The molecule has 0 spiro atoms. The molecule has 2 aromatic rings. The second-order valence-corrected chi connectivity index (χ2v) is 9.14. The van der Waals surface area contributed by atoms with Crippen LogP contribution in [0, 0.1) is 0 Å². The Morgan fingerprint density at radius 3 is 2.03 bits per heavy atom. The smallest absolute Gasteiger partial charge is 0.321 e. The number of phenolic OH excluding ortho intramolecular Hbond substituents is 2. The van der Waals surface area contributed by atoms with Crippen molar-refractivity contribution in [3.8, 4) is 11.5 Å². The third-order valence-electron chi connectivity index (χ3n) is 4.65. The number of aromatic hydroxyl groups is 2. The standard InChI is InChI=1S/C12H16N2O5S.C8H7NS.C3H7NO2S/c13-7(12(18)19)2-5-1-6(10(16)8(14)4-20)11(17)9(15)3-5;1-2-4-8-7(3-1)5-6-9-10-8;4-2(1-7)3(5)6/h1,3,7-8,15,17,20H,2,4,13-14H2,(H,18,19);1-6,9H;2,7H,1,4H2,(H,5,6)/t7?,8-;;/m1../s1. The fourth-order valence-electron chi connectivity index (χ4n) is 2.62. The molecule has 2 unspecified atom stereocenters. The lowest BCUT2D eigenvalue weighted by atomic mass is 9.98. The molecule has 1 heterocycles. The number of nitrogens with two attached hydrogens (primary N) is 3. The minimum Gasteiger partial charge on any atom is -0.504 e. The minimum atomic E-state index is -1.21. The van der Waals surface area contributed by atoms with Crippen LogP contribution in [0.5, 0.6) is 11.5 Å². The number of benzene rings is 2. The molecule has 0 aromatic heterocycles. The van der Waals surface area contributed by atoms with Crippen LogP contribution >= 0.6 is 37.2 Å². The normalized spacial score (nSPS) is 13.8. The predicted molar refractivity (Wildman–Crippen MR) is 149 cm³/mol. The first-order valence-corrected chi connectivity index (χ1v) is 12.7. The molecule has 3 atom stereocenters. The Labute approximate surface area is 229 Å². The average molecular weight is 571 g/mol. The zero-order chi connectivity index (χ0) is 28.1. The van der Waals surface area contributed by atoms with Crippen LogP contribution in [-0.4, -0.2) is 67.8 Å². The van der Waals surface area contributed by atoms with Gasteiger partial charge in [-0.1, -0.05) is 18.2 Å². The summed E-state index contributed by atoms with van der Waals surface area (Å²) in [6.45, 7) is 0. The van der Waals surface area contributed by atoms with E-state index in [1.165, 1.54) is 16.5 Å². The van der Waals surface area contributed by atoms with E-state index < -0.39 is 47.3 Å². The lowest BCUT2D eigenvalue weighted by molar-refractivity contribution is -0.139. The molecule has 0 amide bonds. The number of hydrogen-bond donors (Lipinski definition) is 10. The van der Waals surface area contributed by atoms with Crippen molar-refractivity contribution in [2.45, 2.75) is 29.4 Å². The van der Waals surface area contributed by atoms with E-state index in [1.807, 2.05) is 12.3 Å². The largest absolute Gasteiger partial charge is 0.504 e. The fourth-order valence-corrected chi connectivity index (χ4v) is 3.60.